The summed E-state index contributed by atoms with van der Waals surface area (Å²) in [6.07, 6.45) is 0.405. The zero-order valence-corrected chi connectivity index (χ0v) is 12.3. The summed E-state index contributed by atoms with van der Waals surface area (Å²) in [5.74, 6) is -0.365. The van der Waals surface area contributed by atoms with Crippen molar-refractivity contribution in [2.75, 3.05) is 0 Å². The summed E-state index contributed by atoms with van der Waals surface area (Å²) >= 11 is 3.03. The molecule has 0 radical (unpaired) electrons. The molecule has 0 aliphatic rings. The van der Waals surface area contributed by atoms with Crippen molar-refractivity contribution in [2.45, 2.75) is 13.3 Å². The summed E-state index contributed by atoms with van der Waals surface area (Å²) < 4.78 is 20.4. The molecule has 0 saturated heterocycles. The predicted molar refractivity (Wildman–Crippen MR) is 73.4 cm³/mol. The van der Waals surface area contributed by atoms with Crippen molar-refractivity contribution in [3.63, 3.8) is 0 Å². The van der Waals surface area contributed by atoms with Crippen LogP contribution in [0.4, 0.5) is 10.1 Å². The quantitative estimate of drug-likeness (QED) is 0.628. The molecule has 0 aliphatic heterocycles. The van der Waals surface area contributed by atoms with Crippen LogP contribution in [0, 0.1) is 15.9 Å². The highest BCUT2D eigenvalue weighted by molar-refractivity contribution is 9.10. The molecule has 20 heavy (non-hydrogen) atoms. The first-order valence-corrected chi connectivity index (χ1v) is 6.56. The zero-order valence-electron chi connectivity index (χ0n) is 10.8. The largest absolute Gasteiger partial charge is 0.434 e. The summed E-state index contributed by atoms with van der Waals surface area (Å²) in [4.78, 5) is 10.6. The maximum atomic E-state index is 13.4. The van der Waals surface area contributed by atoms with E-state index in [9.17, 15) is 14.5 Å². The number of benzene rings is 1. The molecular formula is C12H11BrFN3O3. The average Bonchev–Trinajstić information content (AvgIpc) is 2.71. The van der Waals surface area contributed by atoms with Gasteiger partial charge in [0.25, 0.3) is 5.88 Å². The Labute approximate surface area is 122 Å². The Morgan fingerprint density at radius 1 is 1.55 bits per heavy atom. The molecule has 1 heterocycles. The number of aromatic nitrogens is 2. The van der Waals surface area contributed by atoms with Crippen LogP contribution in [0.15, 0.2) is 22.7 Å². The Kier molecular flexibility index (Phi) is 4.03. The van der Waals surface area contributed by atoms with Crippen LogP contribution in [0.1, 0.15) is 12.6 Å². The molecule has 0 unspecified atom stereocenters. The van der Waals surface area contributed by atoms with Crippen LogP contribution < -0.4 is 4.74 Å². The van der Waals surface area contributed by atoms with E-state index in [4.69, 9.17) is 4.74 Å². The van der Waals surface area contributed by atoms with E-state index in [0.29, 0.717) is 16.6 Å². The first-order chi connectivity index (χ1) is 9.43. The van der Waals surface area contributed by atoms with Crippen LogP contribution >= 0.6 is 15.9 Å². The van der Waals surface area contributed by atoms with Gasteiger partial charge in [-0.05, 0) is 34.5 Å². The highest BCUT2D eigenvalue weighted by Crippen LogP contribution is 2.34. The third kappa shape index (κ3) is 2.64. The van der Waals surface area contributed by atoms with Gasteiger partial charge >= 0.3 is 5.69 Å². The number of nitro groups is 1. The first-order valence-electron chi connectivity index (χ1n) is 5.77. The standard InChI is InChI=1S/C12H11BrFN3O3/c1-3-10-11(17(18)19)12(16(2)15-10)20-7-4-5-8(13)9(14)6-7/h4-6H,3H2,1-2H3. The van der Waals surface area contributed by atoms with E-state index in [2.05, 4.69) is 21.0 Å². The molecule has 8 heteroatoms. The summed E-state index contributed by atoms with van der Waals surface area (Å²) in [7, 11) is 1.54. The van der Waals surface area contributed by atoms with E-state index in [0.717, 1.165) is 6.07 Å². The van der Waals surface area contributed by atoms with Crippen molar-refractivity contribution in [1.82, 2.24) is 9.78 Å². The lowest BCUT2D eigenvalue weighted by molar-refractivity contribution is -0.386. The van der Waals surface area contributed by atoms with Crippen LogP contribution in [-0.4, -0.2) is 14.7 Å². The molecule has 6 nitrogen and oxygen atoms in total. The van der Waals surface area contributed by atoms with Gasteiger partial charge < -0.3 is 4.74 Å². The van der Waals surface area contributed by atoms with Gasteiger partial charge in [0.2, 0.25) is 0 Å². The van der Waals surface area contributed by atoms with Crippen molar-refractivity contribution in [2.24, 2.45) is 7.05 Å². The fourth-order valence-electron chi connectivity index (χ4n) is 1.74. The summed E-state index contributed by atoms with van der Waals surface area (Å²) in [5, 5.41) is 15.2. The van der Waals surface area contributed by atoms with E-state index in [1.54, 1.807) is 6.92 Å². The van der Waals surface area contributed by atoms with Crippen molar-refractivity contribution in [3.05, 3.63) is 44.3 Å². The molecule has 0 N–H and O–H groups in total. The molecule has 2 rings (SSSR count). The molecule has 0 bridgehead atoms. The molecule has 0 spiro atoms. The topological polar surface area (TPSA) is 70.2 Å². The van der Waals surface area contributed by atoms with Gasteiger partial charge in [-0.3, -0.25) is 10.1 Å². The monoisotopic (exact) mass is 343 g/mol. The highest BCUT2D eigenvalue weighted by atomic mass is 79.9. The smallest absolute Gasteiger partial charge is 0.353 e. The molecule has 1 aromatic carbocycles. The Bertz CT molecular complexity index is 672. The van der Waals surface area contributed by atoms with E-state index >= 15 is 0 Å². The Morgan fingerprint density at radius 3 is 2.80 bits per heavy atom. The first kappa shape index (κ1) is 14.4. The molecule has 0 amide bonds. The fourth-order valence-corrected chi connectivity index (χ4v) is 1.99. The maximum Gasteiger partial charge on any atom is 0.353 e. The predicted octanol–water partition coefficient (Wildman–Crippen LogP) is 3.58. The SMILES string of the molecule is CCc1nn(C)c(Oc2ccc(Br)c(F)c2)c1[N+](=O)[O-]. The Morgan fingerprint density at radius 2 is 2.25 bits per heavy atom. The number of nitrogens with zero attached hydrogens (tertiary/aromatic N) is 3. The van der Waals surface area contributed by atoms with Gasteiger partial charge in [-0.2, -0.15) is 5.10 Å². The second-order valence-electron chi connectivity index (χ2n) is 4.01. The van der Waals surface area contributed by atoms with Crippen LogP contribution in [0.5, 0.6) is 11.6 Å². The van der Waals surface area contributed by atoms with Gasteiger partial charge in [-0.1, -0.05) is 6.92 Å². The molecular weight excluding hydrogens is 333 g/mol. The van der Waals surface area contributed by atoms with Gasteiger partial charge in [0.1, 0.15) is 17.3 Å². The molecule has 1 aromatic heterocycles. The number of hydrogen-bond acceptors (Lipinski definition) is 4. The van der Waals surface area contributed by atoms with E-state index in [1.165, 1.54) is 23.9 Å². The third-order valence-electron chi connectivity index (χ3n) is 2.66. The third-order valence-corrected chi connectivity index (χ3v) is 3.31. The van der Waals surface area contributed by atoms with Crippen LogP contribution in [0.2, 0.25) is 0 Å². The average molecular weight is 344 g/mol. The minimum Gasteiger partial charge on any atom is -0.434 e. The maximum absolute atomic E-state index is 13.4. The van der Waals surface area contributed by atoms with Gasteiger partial charge in [0, 0.05) is 13.1 Å². The zero-order chi connectivity index (χ0) is 14.9. The second-order valence-corrected chi connectivity index (χ2v) is 4.87. The number of ether oxygens (including phenoxy) is 1. The van der Waals surface area contributed by atoms with Gasteiger partial charge in [0.15, 0.2) is 0 Å². The fraction of sp³-hybridized carbons (Fsp3) is 0.250. The van der Waals surface area contributed by atoms with Gasteiger partial charge in [-0.25, -0.2) is 9.07 Å². The lowest BCUT2D eigenvalue weighted by Crippen LogP contribution is -1.97. The van der Waals surface area contributed by atoms with E-state index in [1.807, 2.05) is 0 Å². The number of rotatable bonds is 4. The van der Waals surface area contributed by atoms with Crippen LogP contribution in [0.25, 0.3) is 0 Å². The van der Waals surface area contributed by atoms with E-state index in [-0.39, 0.29) is 17.3 Å². The number of hydrogen-bond donors (Lipinski definition) is 0. The van der Waals surface area contributed by atoms with Crippen molar-refractivity contribution >= 4 is 21.6 Å². The van der Waals surface area contributed by atoms with Crippen molar-refractivity contribution < 1.29 is 14.1 Å². The van der Waals surface area contributed by atoms with Gasteiger partial charge in [0.05, 0.1) is 9.40 Å². The minimum absolute atomic E-state index is 0.0198. The second kappa shape index (κ2) is 5.58. The van der Waals surface area contributed by atoms with Crippen molar-refractivity contribution in [1.29, 1.82) is 0 Å². The lowest BCUT2D eigenvalue weighted by Gasteiger charge is -2.05. The number of halogens is 2. The van der Waals surface area contributed by atoms with E-state index < -0.39 is 10.7 Å². The Hall–Kier alpha value is -1.96. The molecule has 2 aromatic rings. The summed E-state index contributed by atoms with van der Waals surface area (Å²) in [5.41, 5.74) is 0.128. The number of aryl methyl sites for hydroxylation is 2. The van der Waals surface area contributed by atoms with Crippen molar-refractivity contribution in [3.8, 4) is 11.6 Å². The molecule has 0 atom stereocenters. The van der Waals surface area contributed by atoms with Crippen LogP contribution in [-0.2, 0) is 13.5 Å². The minimum atomic E-state index is -0.545. The lowest BCUT2D eigenvalue weighted by atomic mass is 10.3. The summed E-state index contributed by atoms with van der Waals surface area (Å²) in [6.45, 7) is 1.76. The molecule has 0 aliphatic carbocycles. The summed E-state index contributed by atoms with van der Waals surface area (Å²) in [6, 6.07) is 4.12. The van der Waals surface area contributed by atoms with Gasteiger partial charge in [-0.15, -0.1) is 0 Å². The molecule has 106 valence electrons. The molecule has 0 saturated carbocycles. The Balaban J connectivity index is 2.45. The highest BCUT2D eigenvalue weighted by Gasteiger charge is 2.27. The van der Waals surface area contributed by atoms with Crippen LogP contribution in [0.3, 0.4) is 0 Å². The molecule has 0 fully saturated rings. The normalized spacial score (nSPS) is 10.6.